The number of likely N-dealkylation sites (tertiary alicyclic amines) is 1. The van der Waals surface area contributed by atoms with Crippen LogP contribution in [0.15, 0.2) is 18.2 Å². The number of amides is 1. The molecule has 0 saturated carbocycles. The first kappa shape index (κ1) is 10.8. The normalized spacial score (nSPS) is 18.0. The molecule has 16 heavy (non-hydrogen) atoms. The fourth-order valence-corrected chi connectivity index (χ4v) is 1.81. The van der Waals surface area contributed by atoms with Gasteiger partial charge in [-0.2, -0.15) is 0 Å². The minimum absolute atomic E-state index is 0.182. The molecule has 1 heterocycles. The van der Waals surface area contributed by atoms with Crippen LogP contribution in [0, 0.1) is 0 Å². The summed E-state index contributed by atoms with van der Waals surface area (Å²) in [6.07, 6.45) is 0. The zero-order valence-electron chi connectivity index (χ0n) is 8.97. The molecule has 1 aromatic carbocycles. The zero-order chi connectivity index (χ0) is 11.9. The monoisotopic (exact) mass is 222 g/mol. The summed E-state index contributed by atoms with van der Waals surface area (Å²) in [5, 5.41) is 18.4. The topological polar surface area (TPSA) is 86.8 Å². The molecular weight excluding hydrogens is 208 g/mol. The fourth-order valence-electron chi connectivity index (χ4n) is 1.81. The van der Waals surface area contributed by atoms with Crippen molar-refractivity contribution in [3.05, 3.63) is 23.8 Å². The Hall–Kier alpha value is -1.75. The summed E-state index contributed by atoms with van der Waals surface area (Å²) in [5.74, 6) is -0.705. The van der Waals surface area contributed by atoms with Gasteiger partial charge in [0.1, 0.15) is 0 Å². The Balaban J connectivity index is 2.13. The third-order valence-electron chi connectivity index (χ3n) is 2.61. The first-order chi connectivity index (χ1) is 7.39. The summed E-state index contributed by atoms with van der Waals surface area (Å²) >= 11 is 0. The van der Waals surface area contributed by atoms with E-state index in [1.807, 2.05) is 6.92 Å². The Morgan fingerprint density at radius 3 is 2.50 bits per heavy atom. The van der Waals surface area contributed by atoms with Crippen molar-refractivity contribution < 1.29 is 15.0 Å². The maximum Gasteiger partial charge on any atom is 0.254 e. The lowest BCUT2D eigenvalue weighted by Crippen LogP contribution is -2.66. The number of phenols is 2. The number of hydrogen-bond acceptors (Lipinski definition) is 4. The van der Waals surface area contributed by atoms with E-state index in [9.17, 15) is 9.90 Å². The molecule has 0 radical (unpaired) electrons. The van der Waals surface area contributed by atoms with E-state index in [0.29, 0.717) is 18.7 Å². The van der Waals surface area contributed by atoms with Crippen LogP contribution < -0.4 is 5.73 Å². The summed E-state index contributed by atoms with van der Waals surface area (Å²) in [6, 6.07) is 4.03. The highest BCUT2D eigenvalue weighted by atomic mass is 16.3. The SMILES string of the molecule is CC1(N)CN(C(=O)c2ccc(O)c(O)c2)C1. The van der Waals surface area contributed by atoms with Crippen molar-refractivity contribution in [1.82, 2.24) is 4.90 Å². The molecule has 0 bridgehead atoms. The van der Waals surface area contributed by atoms with Gasteiger partial charge in [0.25, 0.3) is 5.91 Å². The second-order valence-electron chi connectivity index (χ2n) is 4.52. The Morgan fingerprint density at radius 2 is 2.00 bits per heavy atom. The van der Waals surface area contributed by atoms with E-state index in [0.717, 1.165) is 0 Å². The average Bonchev–Trinajstić information content (AvgIpc) is 2.17. The number of hydrogen-bond donors (Lipinski definition) is 3. The lowest BCUT2D eigenvalue weighted by atomic mass is 9.93. The predicted molar refractivity (Wildman–Crippen MR) is 58.3 cm³/mol. The van der Waals surface area contributed by atoms with Crippen molar-refractivity contribution in [3.8, 4) is 11.5 Å². The first-order valence-electron chi connectivity index (χ1n) is 4.99. The maximum absolute atomic E-state index is 11.9. The van der Waals surface area contributed by atoms with Crippen molar-refractivity contribution in [2.24, 2.45) is 5.73 Å². The lowest BCUT2D eigenvalue weighted by Gasteiger charge is -2.45. The predicted octanol–water partition coefficient (Wildman–Crippen LogP) is 0.271. The largest absolute Gasteiger partial charge is 0.504 e. The number of carbonyl (C=O) groups is 1. The van der Waals surface area contributed by atoms with Gasteiger partial charge in [0, 0.05) is 24.2 Å². The molecule has 5 heteroatoms. The summed E-state index contributed by atoms with van der Waals surface area (Å²) in [5.41, 5.74) is 5.84. The van der Waals surface area contributed by atoms with Crippen molar-refractivity contribution in [3.63, 3.8) is 0 Å². The highest BCUT2D eigenvalue weighted by molar-refractivity contribution is 5.95. The Morgan fingerprint density at radius 1 is 1.38 bits per heavy atom. The summed E-state index contributed by atoms with van der Waals surface area (Å²) < 4.78 is 0. The zero-order valence-corrected chi connectivity index (χ0v) is 8.97. The van der Waals surface area contributed by atoms with E-state index in [4.69, 9.17) is 10.8 Å². The van der Waals surface area contributed by atoms with Gasteiger partial charge in [0.2, 0.25) is 0 Å². The van der Waals surface area contributed by atoms with Gasteiger partial charge in [0.05, 0.1) is 0 Å². The number of benzene rings is 1. The van der Waals surface area contributed by atoms with Crippen molar-refractivity contribution in [2.75, 3.05) is 13.1 Å². The maximum atomic E-state index is 11.9. The van der Waals surface area contributed by atoms with Crippen LogP contribution in [0.5, 0.6) is 11.5 Å². The van der Waals surface area contributed by atoms with Gasteiger partial charge in [-0.3, -0.25) is 4.79 Å². The van der Waals surface area contributed by atoms with Crippen LogP contribution in [0.25, 0.3) is 0 Å². The molecule has 0 atom stereocenters. The number of phenolic OH excluding ortho intramolecular Hbond substituents is 2. The highest BCUT2D eigenvalue weighted by Crippen LogP contribution is 2.27. The number of carbonyl (C=O) groups excluding carboxylic acids is 1. The highest BCUT2D eigenvalue weighted by Gasteiger charge is 2.38. The Kier molecular flexibility index (Phi) is 2.27. The van der Waals surface area contributed by atoms with Crippen molar-refractivity contribution in [1.29, 1.82) is 0 Å². The molecule has 1 saturated heterocycles. The van der Waals surface area contributed by atoms with E-state index < -0.39 is 0 Å². The van der Waals surface area contributed by atoms with E-state index in [2.05, 4.69) is 0 Å². The third kappa shape index (κ3) is 1.81. The molecule has 0 aromatic heterocycles. The van der Waals surface area contributed by atoms with E-state index in [1.54, 1.807) is 4.90 Å². The molecule has 1 fully saturated rings. The smallest absolute Gasteiger partial charge is 0.254 e. The molecule has 1 aromatic rings. The Bertz CT molecular complexity index is 435. The van der Waals surface area contributed by atoms with Gasteiger partial charge in [-0.25, -0.2) is 0 Å². The summed E-state index contributed by atoms with van der Waals surface area (Å²) in [4.78, 5) is 13.5. The molecule has 1 aliphatic rings. The van der Waals surface area contributed by atoms with E-state index in [1.165, 1.54) is 18.2 Å². The molecule has 1 aliphatic heterocycles. The molecule has 2 rings (SSSR count). The van der Waals surface area contributed by atoms with E-state index in [-0.39, 0.29) is 22.9 Å². The van der Waals surface area contributed by atoms with Crippen LogP contribution in [0.1, 0.15) is 17.3 Å². The number of nitrogens with two attached hydrogens (primary N) is 1. The summed E-state index contributed by atoms with van der Waals surface area (Å²) in [6.45, 7) is 2.89. The minimum Gasteiger partial charge on any atom is -0.504 e. The average molecular weight is 222 g/mol. The molecule has 4 N–H and O–H groups in total. The molecule has 0 unspecified atom stereocenters. The summed E-state index contributed by atoms with van der Waals surface area (Å²) in [7, 11) is 0. The molecule has 5 nitrogen and oxygen atoms in total. The Labute approximate surface area is 93.1 Å². The van der Waals surface area contributed by atoms with E-state index >= 15 is 0 Å². The van der Waals surface area contributed by atoms with Gasteiger partial charge in [-0.1, -0.05) is 0 Å². The second kappa shape index (κ2) is 3.38. The molecule has 0 aliphatic carbocycles. The standard InChI is InChI=1S/C11H14N2O3/c1-11(12)5-13(6-11)10(16)7-2-3-8(14)9(15)4-7/h2-4,14-15H,5-6,12H2,1H3. The number of rotatable bonds is 1. The third-order valence-corrected chi connectivity index (χ3v) is 2.61. The molecule has 0 spiro atoms. The van der Waals surface area contributed by atoms with Gasteiger partial charge >= 0.3 is 0 Å². The van der Waals surface area contributed by atoms with Crippen LogP contribution in [0.3, 0.4) is 0 Å². The molecule has 1 amide bonds. The van der Waals surface area contributed by atoms with Gasteiger partial charge in [0.15, 0.2) is 11.5 Å². The molecular formula is C11H14N2O3. The molecule has 86 valence electrons. The number of nitrogens with zero attached hydrogens (tertiary/aromatic N) is 1. The number of aromatic hydroxyl groups is 2. The van der Waals surface area contributed by atoms with Crippen LogP contribution in [-0.2, 0) is 0 Å². The minimum atomic E-state index is -0.311. The first-order valence-corrected chi connectivity index (χ1v) is 4.99. The second-order valence-corrected chi connectivity index (χ2v) is 4.52. The van der Waals surface area contributed by atoms with Crippen LogP contribution >= 0.6 is 0 Å². The lowest BCUT2D eigenvalue weighted by molar-refractivity contribution is 0.0453. The quantitative estimate of drug-likeness (QED) is 0.595. The van der Waals surface area contributed by atoms with Crippen molar-refractivity contribution in [2.45, 2.75) is 12.5 Å². The van der Waals surface area contributed by atoms with Crippen LogP contribution in [-0.4, -0.2) is 39.6 Å². The fraction of sp³-hybridized carbons (Fsp3) is 0.364. The van der Waals surface area contributed by atoms with Gasteiger partial charge < -0.3 is 20.8 Å². The van der Waals surface area contributed by atoms with Gasteiger partial charge in [-0.05, 0) is 25.1 Å². The van der Waals surface area contributed by atoms with Gasteiger partial charge in [-0.15, -0.1) is 0 Å². The van der Waals surface area contributed by atoms with Crippen LogP contribution in [0.2, 0.25) is 0 Å². The van der Waals surface area contributed by atoms with Crippen LogP contribution in [0.4, 0.5) is 0 Å². The van der Waals surface area contributed by atoms with Crippen molar-refractivity contribution >= 4 is 5.91 Å².